The predicted molar refractivity (Wildman–Crippen MR) is 89.0 cm³/mol. The molecule has 0 heterocycles. The first-order valence-electron chi connectivity index (χ1n) is 8.28. The summed E-state index contributed by atoms with van der Waals surface area (Å²) in [6, 6.07) is 0. The van der Waals surface area contributed by atoms with Crippen LogP contribution in [0.3, 0.4) is 0 Å². The molecule has 3 nitrogen and oxygen atoms in total. The largest absolute Gasteiger partial charge is 0.496 e. The maximum Gasteiger partial charge on any atom is 0.312 e. The Morgan fingerprint density at radius 2 is 1.05 bits per heavy atom. The molecule has 0 bridgehead atoms. The van der Waals surface area contributed by atoms with Crippen LogP contribution >= 0.6 is 0 Å². The van der Waals surface area contributed by atoms with Crippen molar-refractivity contribution in [1.82, 2.24) is 0 Å². The van der Waals surface area contributed by atoms with Crippen LogP contribution in [-0.2, 0) is 14.2 Å². The minimum atomic E-state index is 0.482. The second-order valence-corrected chi connectivity index (χ2v) is 6.54. The summed E-state index contributed by atoms with van der Waals surface area (Å²) in [7, 11) is 3.51. The van der Waals surface area contributed by atoms with Crippen LogP contribution in [0.15, 0.2) is 11.3 Å². The van der Waals surface area contributed by atoms with Gasteiger partial charge < -0.3 is 14.2 Å². The molecule has 0 saturated heterocycles. The van der Waals surface area contributed by atoms with Crippen LogP contribution in [0, 0.1) is 17.8 Å². The van der Waals surface area contributed by atoms with Gasteiger partial charge in [-0.15, -0.1) is 0 Å². The Morgan fingerprint density at radius 1 is 0.714 bits per heavy atom. The molecule has 0 aliphatic rings. The molecule has 0 aromatic heterocycles. The Bertz CT molecular complexity index is 276. The van der Waals surface area contributed by atoms with E-state index in [-0.39, 0.29) is 0 Å². The van der Waals surface area contributed by atoms with Crippen molar-refractivity contribution in [3.05, 3.63) is 11.3 Å². The molecule has 0 aromatic carbocycles. The van der Waals surface area contributed by atoms with E-state index in [4.69, 9.17) is 14.2 Å². The van der Waals surface area contributed by atoms with E-state index in [1.165, 1.54) is 0 Å². The lowest BCUT2D eigenvalue weighted by Crippen LogP contribution is -2.14. The Hall–Kier alpha value is -0.643. The molecule has 4 heteroatoms. The van der Waals surface area contributed by atoms with Crippen molar-refractivity contribution in [2.24, 2.45) is 17.8 Å². The van der Waals surface area contributed by atoms with Crippen molar-refractivity contribution in [3.63, 3.8) is 0 Å². The van der Waals surface area contributed by atoms with E-state index < -0.39 is 0 Å². The van der Waals surface area contributed by atoms with Crippen LogP contribution < -0.4 is 0 Å². The first kappa shape index (κ1) is 20.4. The maximum absolute atomic E-state index is 5.80. The van der Waals surface area contributed by atoms with E-state index >= 15 is 0 Å². The highest BCUT2D eigenvalue weighted by Gasteiger charge is 2.12. The average Bonchev–Trinajstić information content (AvgIpc) is 2.51. The molecule has 0 fully saturated rings. The molecule has 3 unspecified atom stereocenters. The van der Waals surface area contributed by atoms with Gasteiger partial charge in [-0.25, -0.2) is 0 Å². The van der Waals surface area contributed by atoms with Gasteiger partial charge >= 0.3 is 5.95 Å². The van der Waals surface area contributed by atoms with Crippen molar-refractivity contribution < 1.29 is 14.2 Å². The third-order valence-electron chi connectivity index (χ3n) is 3.79. The second kappa shape index (κ2) is 12.0. The van der Waals surface area contributed by atoms with Gasteiger partial charge in [-0.05, 0) is 17.8 Å². The molecular formula is C17H33O3Si. The zero-order chi connectivity index (χ0) is 16.3. The zero-order valence-corrected chi connectivity index (χ0v) is 15.7. The molecule has 0 spiro atoms. The van der Waals surface area contributed by atoms with Crippen molar-refractivity contribution in [1.29, 1.82) is 0 Å². The van der Waals surface area contributed by atoms with Crippen molar-refractivity contribution >= 4 is 10.2 Å². The van der Waals surface area contributed by atoms with Crippen molar-refractivity contribution in [3.8, 4) is 0 Å². The van der Waals surface area contributed by atoms with E-state index in [9.17, 15) is 0 Å². The van der Waals surface area contributed by atoms with Gasteiger partial charge in [0.15, 0.2) is 0 Å². The third kappa shape index (κ3) is 9.83. The summed E-state index contributed by atoms with van der Waals surface area (Å²) >= 11 is 0. The molecular weight excluding hydrogens is 280 g/mol. The highest BCUT2D eigenvalue weighted by Crippen LogP contribution is 2.15. The fourth-order valence-corrected chi connectivity index (χ4v) is 1.47. The van der Waals surface area contributed by atoms with Gasteiger partial charge in [-0.2, -0.15) is 0 Å². The molecule has 3 atom stereocenters. The molecule has 0 amide bonds. The lowest BCUT2D eigenvalue weighted by molar-refractivity contribution is -0.00494. The lowest BCUT2D eigenvalue weighted by atomic mass is 10.1. The summed E-state index contributed by atoms with van der Waals surface area (Å²) in [4.78, 5) is 0. The number of rotatable bonds is 12. The highest BCUT2D eigenvalue weighted by molar-refractivity contribution is 6.20. The molecule has 0 aliphatic heterocycles. The molecule has 0 aromatic rings. The van der Waals surface area contributed by atoms with Crippen LogP contribution in [0.5, 0.6) is 0 Å². The van der Waals surface area contributed by atoms with E-state index in [1.807, 2.05) is 0 Å². The Balaban J connectivity index is 4.57. The second-order valence-electron chi connectivity index (χ2n) is 6.09. The molecule has 0 saturated carbocycles. The first-order valence-corrected chi connectivity index (χ1v) is 8.78. The third-order valence-corrected chi connectivity index (χ3v) is 4.13. The Kier molecular flexibility index (Phi) is 11.6. The monoisotopic (exact) mass is 313 g/mol. The fourth-order valence-electron chi connectivity index (χ4n) is 1.25. The van der Waals surface area contributed by atoms with Crippen LogP contribution in [0.2, 0.25) is 0 Å². The van der Waals surface area contributed by atoms with E-state index in [1.54, 1.807) is 0 Å². The summed E-state index contributed by atoms with van der Waals surface area (Å²) in [5, 5.41) is 0.571. The van der Waals surface area contributed by atoms with Crippen molar-refractivity contribution in [2.75, 3.05) is 19.8 Å². The lowest BCUT2D eigenvalue weighted by Gasteiger charge is -2.20. The summed E-state index contributed by atoms with van der Waals surface area (Å²) in [6.45, 7) is 14.9. The summed E-state index contributed by atoms with van der Waals surface area (Å²) in [6.07, 6.45) is 3.27. The van der Waals surface area contributed by atoms with Crippen LogP contribution in [-0.4, -0.2) is 30.1 Å². The molecule has 0 N–H and O–H groups in total. The Morgan fingerprint density at radius 3 is 1.38 bits per heavy atom. The average molecular weight is 314 g/mol. The first-order chi connectivity index (χ1) is 9.94. The molecule has 123 valence electrons. The van der Waals surface area contributed by atoms with Gasteiger partial charge in [0, 0.05) is 0 Å². The van der Waals surface area contributed by atoms with E-state index in [0.717, 1.165) is 19.3 Å². The topological polar surface area (TPSA) is 27.7 Å². The number of hydrogen-bond acceptors (Lipinski definition) is 3. The number of ether oxygens (including phenoxy) is 3. The summed E-state index contributed by atoms with van der Waals surface area (Å²) in [5.41, 5.74) is 0. The van der Waals surface area contributed by atoms with Gasteiger partial charge in [0.2, 0.25) is 0 Å². The van der Waals surface area contributed by atoms with Crippen LogP contribution in [0.4, 0.5) is 0 Å². The van der Waals surface area contributed by atoms with Gasteiger partial charge in [-0.1, -0.05) is 60.8 Å². The van der Waals surface area contributed by atoms with Gasteiger partial charge in [0.25, 0.3) is 0 Å². The Labute approximate surface area is 134 Å². The van der Waals surface area contributed by atoms with E-state index in [2.05, 4.69) is 51.8 Å². The predicted octanol–water partition coefficient (Wildman–Crippen LogP) is 4.47. The smallest absolute Gasteiger partial charge is 0.312 e. The molecule has 21 heavy (non-hydrogen) atoms. The zero-order valence-electron chi connectivity index (χ0n) is 14.7. The highest BCUT2D eigenvalue weighted by atomic mass is 28.1. The van der Waals surface area contributed by atoms with Gasteiger partial charge in [0.05, 0.1) is 19.8 Å². The normalized spacial score (nSPS) is 15.0. The summed E-state index contributed by atoms with van der Waals surface area (Å²) < 4.78 is 17.3. The van der Waals surface area contributed by atoms with Crippen LogP contribution in [0.25, 0.3) is 0 Å². The van der Waals surface area contributed by atoms with Crippen molar-refractivity contribution in [2.45, 2.75) is 60.8 Å². The maximum atomic E-state index is 5.80. The minimum absolute atomic E-state index is 0.482. The SMILES string of the molecule is CCC(C)COC([Si])=C(OCC(C)CC)OCC(C)CC. The minimum Gasteiger partial charge on any atom is -0.496 e. The molecule has 0 aliphatic carbocycles. The standard InChI is InChI=1S/C17H33O3Si/c1-7-13(4)10-18-16(19-11-14(5)8-2)17(21)20-12-15(6)9-3/h13-15H,7-12H2,1-6H3. The molecule has 3 radical (unpaired) electrons. The molecule has 0 rings (SSSR count). The van der Waals surface area contributed by atoms with E-state index in [0.29, 0.717) is 48.9 Å². The number of hydrogen-bond donors (Lipinski definition) is 0. The van der Waals surface area contributed by atoms with Gasteiger partial charge in [-0.3, -0.25) is 0 Å². The van der Waals surface area contributed by atoms with Gasteiger partial charge in [0.1, 0.15) is 15.6 Å². The fraction of sp³-hybridized carbons (Fsp3) is 0.882. The quantitative estimate of drug-likeness (QED) is 0.393. The summed E-state index contributed by atoms with van der Waals surface area (Å²) in [5.74, 6) is 2.00. The van der Waals surface area contributed by atoms with Crippen LogP contribution in [0.1, 0.15) is 60.8 Å².